The Bertz CT molecular complexity index is 946. The number of nitrogens with zero attached hydrogens (tertiary/aromatic N) is 3. The largest absolute Gasteiger partial charge is 0.495 e. The minimum atomic E-state index is -0.915. The molecule has 11 heteroatoms. The summed E-state index contributed by atoms with van der Waals surface area (Å²) in [5.41, 5.74) is -0.597. The van der Waals surface area contributed by atoms with Crippen LogP contribution >= 0.6 is 0 Å². The lowest BCUT2D eigenvalue weighted by Gasteiger charge is -2.26. The second-order valence-electron chi connectivity index (χ2n) is 7.05. The number of rotatable bonds is 8. The van der Waals surface area contributed by atoms with Crippen LogP contribution in [0.3, 0.4) is 0 Å². The molecule has 0 spiro atoms. The normalized spacial score (nSPS) is 18.2. The van der Waals surface area contributed by atoms with Crippen molar-refractivity contribution in [3.8, 4) is 5.75 Å². The minimum absolute atomic E-state index is 0.0287. The van der Waals surface area contributed by atoms with E-state index in [4.69, 9.17) is 9.47 Å². The maximum Gasteiger partial charge on any atom is 0.364 e. The number of ether oxygens (including phenoxy) is 2. The van der Waals surface area contributed by atoms with Crippen LogP contribution in [0.1, 0.15) is 43.1 Å². The summed E-state index contributed by atoms with van der Waals surface area (Å²) in [4.78, 5) is 31.9. The molecule has 2 aromatic rings. The van der Waals surface area contributed by atoms with Crippen LogP contribution in [0.5, 0.6) is 5.75 Å². The summed E-state index contributed by atoms with van der Waals surface area (Å²) in [5.74, 6) is -0.566. The molecule has 0 aliphatic heterocycles. The topological polar surface area (TPSA) is 149 Å². The van der Waals surface area contributed by atoms with Gasteiger partial charge in [-0.3, -0.25) is 10.1 Å². The number of anilines is 3. The Labute approximate surface area is 179 Å². The average molecular weight is 431 g/mol. The molecule has 11 nitrogen and oxygen atoms in total. The Morgan fingerprint density at radius 3 is 2.61 bits per heavy atom. The number of hydrogen-bond acceptors (Lipinski definition) is 10. The van der Waals surface area contributed by atoms with Crippen LogP contribution < -0.4 is 15.4 Å². The van der Waals surface area contributed by atoms with E-state index < -0.39 is 22.3 Å². The van der Waals surface area contributed by atoms with Crippen LogP contribution in [0.2, 0.25) is 0 Å². The molecule has 1 fully saturated rings. The van der Waals surface area contributed by atoms with Gasteiger partial charge in [0, 0.05) is 6.04 Å². The van der Waals surface area contributed by atoms with Gasteiger partial charge in [-0.1, -0.05) is 12.1 Å². The highest BCUT2D eigenvalue weighted by Crippen LogP contribution is 2.34. The lowest BCUT2D eigenvalue weighted by molar-refractivity contribution is -0.384. The highest BCUT2D eigenvalue weighted by molar-refractivity contribution is 5.95. The first kappa shape index (κ1) is 22.2. The van der Waals surface area contributed by atoms with Crippen molar-refractivity contribution in [1.82, 2.24) is 9.97 Å². The number of carbonyl (C=O) groups is 1. The number of para-hydroxylation sites is 2. The molecule has 3 rings (SSSR count). The molecule has 0 saturated heterocycles. The van der Waals surface area contributed by atoms with Crippen LogP contribution in [0.25, 0.3) is 0 Å². The third-order valence-corrected chi connectivity index (χ3v) is 4.93. The van der Waals surface area contributed by atoms with E-state index in [9.17, 15) is 20.0 Å². The molecule has 1 saturated carbocycles. The van der Waals surface area contributed by atoms with Crippen LogP contribution in [0.4, 0.5) is 23.1 Å². The predicted octanol–water partition coefficient (Wildman–Crippen LogP) is 3.03. The minimum Gasteiger partial charge on any atom is -0.495 e. The van der Waals surface area contributed by atoms with E-state index in [0.29, 0.717) is 37.1 Å². The summed E-state index contributed by atoms with van der Waals surface area (Å²) in [6.07, 6.45) is 2.29. The van der Waals surface area contributed by atoms with Gasteiger partial charge in [-0.25, -0.2) is 4.79 Å². The third kappa shape index (κ3) is 5.37. The van der Waals surface area contributed by atoms with E-state index in [1.165, 1.54) is 7.11 Å². The molecule has 3 N–H and O–H groups in total. The number of aromatic nitrogens is 2. The van der Waals surface area contributed by atoms with Crippen molar-refractivity contribution in [2.75, 3.05) is 24.4 Å². The van der Waals surface area contributed by atoms with Gasteiger partial charge in [0.15, 0.2) is 0 Å². The zero-order valence-corrected chi connectivity index (χ0v) is 17.3. The predicted molar refractivity (Wildman–Crippen MR) is 113 cm³/mol. The second-order valence-corrected chi connectivity index (χ2v) is 7.05. The molecule has 1 heterocycles. The van der Waals surface area contributed by atoms with E-state index in [1.807, 2.05) is 0 Å². The summed E-state index contributed by atoms with van der Waals surface area (Å²) in [7, 11) is 1.48. The van der Waals surface area contributed by atoms with Crippen molar-refractivity contribution < 1.29 is 24.3 Å². The molecule has 0 unspecified atom stereocenters. The number of carbonyl (C=O) groups excluding carboxylic acids is 1. The van der Waals surface area contributed by atoms with Crippen molar-refractivity contribution >= 4 is 29.1 Å². The summed E-state index contributed by atoms with van der Waals surface area (Å²) in [6, 6.07) is 6.82. The zero-order valence-electron chi connectivity index (χ0n) is 17.3. The number of esters is 1. The van der Waals surface area contributed by atoms with E-state index in [2.05, 4.69) is 20.6 Å². The maximum atomic E-state index is 12.5. The van der Waals surface area contributed by atoms with Gasteiger partial charge in [-0.15, -0.1) is 0 Å². The molecule has 0 radical (unpaired) electrons. The fourth-order valence-corrected chi connectivity index (χ4v) is 3.40. The van der Waals surface area contributed by atoms with E-state index in [-0.39, 0.29) is 30.5 Å². The number of aliphatic hydroxyl groups excluding tert-OH is 1. The lowest BCUT2D eigenvalue weighted by atomic mass is 9.93. The number of nitro groups is 1. The molecule has 1 aromatic heterocycles. The summed E-state index contributed by atoms with van der Waals surface area (Å²) in [5, 5.41) is 27.6. The fraction of sp³-hybridized carbons (Fsp3) is 0.450. The van der Waals surface area contributed by atoms with Gasteiger partial charge in [0.05, 0.1) is 30.4 Å². The fourth-order valence-electron chi connectivity index (χ4n) is 3.40. The van der Waals surface area contributed by atoms with Crippen LogP contribution in [0, 0.1) is 10.1 Å². The Hall–Kier alpha value is -3.47. The highest BCUT2D eigenvalue weighted by Gasteiger charge is 2.32. The number of methoxy groups -OCH3 is 1. The monoisotopic (exact) mass is 431 g/mol. The molecule has 0 atom stereocenters. The molecule has 1 aliphatic rings. The Kier molecular flexibility index (Phi) is 7.19. The Balaban J connectivity index is 2.03. The molecule has 166 valence electrons. The van der Waals surface area contributed by atoms with Gasteiger partial charge in [0.25, 0.3) is 0 Å². The average Bonchev–Trinajstić information content (AvgIpc) is 2.75. The SMILES string of the molecule is CCOC(=O)c1nc(NC2CCC(O)CC2)nc(Nc2ccccc2OC)c1[N+](=O)[O-]. The Morgan fingerprint density at radius 2 is 1.97 bits per heavy atom. The maximum absolute atomic E-state index is 12.5. The number of hydrogen-bond donors (Lipinski definition) is 3. The molecule has 0 amide bonds. The van der Waals surface area contributed by atoms with Crippen molar-refractivity contribution in [1.29, 1.82) is 0 Å². The molecule has 0 bridgehead atoms. The van der Waals surface area contributed by atoms with Gasteiger partial charge in [-0.2, -0.15) is 9.97 Å². The number of benzene rings is 1. The molecular formula is C20H25N5O6. The van der Waals surface area contributed by atoms with Crippen LogP contribution in [-0.2, 0) is 4.74 Å². The molecule has 1 aliphatic carbocycles. The van der Waals surface area contributed by atoms with E-state index in [0.717, 1.165) is 0 Å². The molecular weight excluding hydrogens is 406 g/mol. The van der Waals surface area contributed by atoms with Gasteiger partial charge >= 0.3 is 11.7 Å². The van der Waals surface area contributed by atoms with Crippen molar-refractivity contribution in [3.63, 3.8) is 0 Å². The van der Waals surface area contributed by atoms with E-state index in [1.54, 1.807) is 31.2 Å². The van der Waals surface area contributed by atoms with Gasteiger partial charge < -0.3 is 25.2 Å². The summed E-state index contributed by atoms with van der Waals surface area (Å²) >= 11 is 0. The summed E-state index contributed by atoms with van der Waals surface area (Å²) < 4.78 is 10.3. The highest BCUT2D eigenvalue weighted by atomic mass is 16.6. The third-order valence-electron chi connectivity index (χ3n) is 4.93. The van der Waals surface area contributed by atoms with Crippen molar-refractivity contribution in [2.45, 2.75) is 44.8 Å². The quantitative estimate of drug-likeness (QED) is 0.323. The van der Waals surface area contributed by atoms with Crippen LogP contribution in [-0.4, -0.2) is 51.8 Å². The van der Waals surface area contributed by atoms with Gasteiger partial charge in [0.1, 0.15) is 5.75 Å². The molecule has 1 aromatic carbocycles. The first-order valence-corrected chi connectivity index (χ1v) is 10.0. The van der Waals surface area contributed by atoms with Gasteiger partial charge in [0.2, 0.25) is 17.5 Å². The number of aliphatic hydroxyl groups is 1. The Morgan fingerprint density at radius 1 is 1.26 bits per heavy atom. The smallest absolute Gasteiger partial charge is 0.364 e. The van der Waals surface area contributed by atoms with Crippen molar-refractivity contribution in [3.05, 3.63) is 40.1 Å². The van der Waals surface area contributed by atoms with E-state index >= 15 is 0 Å². The molecule has 31 heavy (non-hydrogen) atoms. The number of nitrogens with one attached hydrogen (secondary N) is 2. The first-order chi connectivity index (χ1) is 14.9. The van der Waals surface area contributed by atoms with Crippen LogP contribution in [0.15, 0.2) is 24.3 Å². The first-order valence-electron chi connectivity index (χ1n) is 10.0. The second kappa shape index (κ2) is 10.0. The lowest BCUT2D eigenvalue weighted by Crippen LogP contribution is -2.29. The van der Waals surface area contributed by atoms with Gasteiger partial charge in [-0.05, 0) is 44.7 Å². The standard InChI is InChI=1S/C20H25N5O6/c1-3-31-19(27)16-17(25(28)29)18(22-14-6-4-5-7-15(14)30-2)24-20(23-16)21-12-8-10-13(26)11-9-12/h4-7,12-13,26H,3,8-11H2,1-2H3,(H2,21,22,23,24). The zero-order chi connectivity index (χ0) is 22.4. The summed E-state index contributed by atoms with van der Waals surface area (Å²) in [6.45, 7) is 1.64. The van der Waals surface area contributed by atoms with Crippen molar-refractivity contribution in [2.24, 2.45) is 0 Å².